The Kier molecular flexibility index (Phi) is 5.97. The van der Waals surface area contributed by atoms with E-state index in [2.05, 4.69) is 17.2 Å². The van der Waals surface area contributed by atoms with Gasteiger partial charge in [0.1, 0.15) is 5.75 Å². The lowest BCUT2D eigenvalue weighted by molar-refractivity contribution is -0.114. The predicted octanol–water partition coefficient (Wildman–Crippen LogP) is 2.77. The van der Waals surface area contributed by atoms with Crippen molar-refractivity contribution in [1.29, 1.82) is 0 Å². The lowest BCUT2D eigenvalue weighted by Gasteiger charge is -2.29. The maximum Gasteiger partial charge on any atom is 0.256 e. The number of hydrogen-bond acceptors (Lipinski definition) is 4. The highest BCUT2D eigenvalue weighted by atomic mass is 16.5. The first-order valence-corrected chi connectivity index (χ1v) is 9.27. The van der Waals surface area contributed by atoms with Crippen LogP contribution in [0.15, 0.2) is 49.1 Å². The smallest absolute Gasteiger partial charge is 0.256 e. The Morgan fingerprint density at radius 2 is 1.97 bits per heavy atom. The van der Waals surface area contributed by atoms with Gasteiger partial charge in [-0.25, -0.2) is 0 Å². The van der Waals surface area contributed by atoms with Crippen LogP contribution in [-0.2, 0) is 11.2 Å². The molecule has 0 aromatic heterocycles. The van der Waals surface area contributed by atoms with Gasteiger partial charge in [-0.2, -0.15) is 0 Å². The molecule has 2 aromatic carbocycles. The van der Waals surface area contributed by atoms with Crippen molar-refractivity contribution in [2.45, 2.75) is 12.8 Å². The molecule has 7 heteroatoms. The predicted molar refractivity (Wildman–Crippen MR) is 112 cm³/mol. The normalized spacial score (nSPS) is 12.6. The average Bonchev–Trinajstić information content (AvgIpc) is 2.77. The van der Waals surface area contributed by atoms with Crippen molar-refractivity contribution in [1.82, 2.24) is 5.32 Å². The van der Waals surface area contributed by atoms with Crippen molar-refractivity contribution in [3.8, 4) is 5.75 Å². The van der Waals surface area contributed by atoms with Gasteiger partial charge in [-0.3, -0.25) is 14.4 Å². The Bertz CT molecular complexity index is 984. The molecule has 0 bridgehead atoms. The second kappa shape index (κ2) is 8.60. The van der Waals surface area contributed by atoms with E-state index in [1.54, 1.807) is 42.3 Å². The molecule has 0 aliphatic carbocycles. The highest BCUT2D eigenvalue weighted by Gasteiger charge is 2.25. The van der Waals surface area contributed by atoms with E-state index in [-0.39, 0.29) is 17.7 Å². The molecule has 0 fully saturated rings. The van der Waals surface area contributed by atoms with Gasteiger partial charge < -0.3 is 20.3 Å². The zero-order chi connectivity index (χ0) is 21.0. The van der Waals surface area contributed by atoms with Gasteiger partial charge >= 0.3 is 0 Å². The molecule has 150 valence electrons. The number of carbonyl (C=O) groups excluding carboxylic acids is 3. The summed E-state index contributed by atoms with van der Waals surface area (Å²) < 4.78 is 5.33. The lowest BCUT2D eigenvalue weighted by Crippen LogP contribution is -2.35. The molecule has 0 saturated heterocycles. The van der Waals surface area contributed by atoms with E-state index in [4.69, 9.17) is 4.74 Å². The van der Waals surface area contributed by atoms with Gasteiger partial charge in [0.05, 0.1) is 12.8 Å². The number of amides is 3. The number of nitrogens with one attached hydrogen (secondary N) is 2. The minimum atomic E-state index is -0.305. The van der Waals surface area contributed by atoms with Gasteiger partial charge in [0.15, 0.2) is 0 Å². The summed E-state index contributed by atoms with van der Waals surface area (Å²) in [6.07, 6.45) is 2.74. The van der Waals surface area contributed by atoms with Crippen molar-refractivity contribution in [3.05, 3.63) is 65.7 Å². The summed E-state index contributed by atoms with van der Waals surface area (Å²) >= 11 is 0. The van der Waals surface area contributed by atoms with Crippen LogP contribution in [0.25, 0.3) is 0 Å². The first-order valence-electron chi connectivity index (χ1n) is 9.27. The first-order chi connectivity index (χ1) is 14.0. The van der Waals surface area contributed by atoms with E-state index in [0.29, 0.717) is 35.5 Å². The summed E-state index contributed by atoms with van der Waals surface area (Å²) in [6, 6.07) is 10.1. The number of anilines is 2. The molecule has 29 heavy (non-hydrogen) atoms. The summed E-state index contributed by atoms with van der Waals surface area (Å²) in [7, 11) is 3.02. The molecule has 0 spiro atoms. The summed E-state index contributed by atoms with van der Waals surface area (Å²) in [4.78, 5) is 38.6. The molecule has 2 N–H and O–H groups in total. The summed E-state index contributed by atoms with van der Waals surface area (Å²) in [6.45, 7) is 4.15. The molecule has 2 aromatic rings. The fourth-order valence-electron chi connectivity index (χ4n) is 3.45. The second-order valence-electron chi connectivity index (χ2n) is 6.55. The Balaban J connectivity index is 1.92. The first kappa shape index (κ1) is 20.1. The number of benzene rings is 2. The van der Waals surface area contributed by atoms with Gasteiger partial charge in [-0.05, 0) is 54.8 Å². The molecule has 3 amide bonds. The standard InChI is InChI=1S/C22H23N3O4/c1-4-20(26)25-12-6-8-15-16(7-5-9-18(15)25)22(28)24-17-11-10-14(21(27)23-2)13-19(17)29-3/h4-5,7,9-11,13H,1,6,8,12H2,2-3H3,(H,23,27)(H,24,28). The van der Waals surface area contributed by atoms with Gasteiger partial charge in [0, 0.05) is 30.4 Å². The molecule has 1 aliphatic rings. The van der Waals surface area contributed by atoms with E-state index in [9.17, 15) is 14.4 Å². The van der Waals surface area contributed by atoms with E-state index >= 15 is 0 Å². The maximum atomic E-state index is 13.0. The molecule has 0 saturated carbocycles. The van der Waals surface area contributed by atoms with Crippen LogP contribution in [0.2, 0.25) is 0 Å². The molecule has 0 radical (unpaired) electrons. The minimum absolute atomic E-state index is 0.185. The van der Waals surface area contributed by atoms with Gasteiger partial charge in [0.25, 0.3) is 11.8 Å². The molecule has 1 heterocycles. The van der Waals surface area contributed by atoms with Crippen molar-refractivity contribution < 1.29 is 19.1 Å². The number of hydrogen-bond donors (Lipinski definition) is 2. The molecule has 7 nitrogen and oxygen atoms in total. The molecule has 1 aliphatic heterocycles. The van der Waals surface area contributed by atoms with Crippen LogP contribution >= 0.6 is 0 Å². The van der Waals surface area contributed by atoms with Crippen molar-refractivity contribution in [2.24, 2.45) is 0 Å². The van der Waals surface area contributed by atoms with Crippen LogP contribution in [-0.4, -0.2) is 38.4 Å². The maximum absolute atomic E-state index is 13.0. The minimum Gasteiger partial charge on any atom is -0.495 e. The van der Waals surface area contributed by atoms with Crippen LogP contribution in [0.1, 0.15) is 32.7 Å². The summed E-state index contributed by atoms with van der Waals surface area (Å²) in [5.74, 6) is -0.353. The second-order valence-corrected chi connectivity index (χ2v) is 6.55. The zero-order valence-corrected chi connectivity index (χ0v) is 16.5. The number of nitrogens with zero attached hydrogens (tertiary/aromatic N) is 1. The van der Waals surface area contributed by atoms with E-state index in [1.807, 2.05) is 6.07 Å². The number of ether oxygens (including phenoxy) is 1. The lowest BCUT2D eigenvalue weighted by atomic mass is 9.95. The molecular weight excluding hydrogens is 370 g/mol. The molecule has 3 rings (SSSR count). The van der Waals surface area contributed by atoms with Gasteiger partial charge in [-0.1, -0.05) is 12.6 Å². The van der Waals surface area contributed by atoms with Crippen LogP contribution in [0.3, 0.4) is 0 Å². The quantitative estimate of drug-likeness (QED) is 0.765. The SMILES string of the molecule is C=CC(=O)N1CCCc2c(C(=O)Nc3ccc(C(=O)NC)cc3OC)cccc21. The number of fused-ring (bicyclic) bond motifs is 1. The number of rotatable bonds is 5. The highest BCUT2D eigenvalue weighted by molar-refractivity contribution is 6.09. The fraction of sp³-hybridized carbons (Fsp3) is 0.227. The van der Waals surface area contributed by atoms with E-state index < -0.39 is 0 Å². The third-order valence-corrected chi connectivity index (χ3v) is 4.87. The fourth-order valence-corrected chi connectivity index (χ4v) is 3.45. The van der Waals surface area contributed by atoms with Crippen LogP contribution in [0.4, 0.5) is 11.4 Å². The van der Waals surface area contributed by atoms with Gasteiger partial charge in [0.2, 0.25) is 5.91 Å². The van der Waals surface area contributed by atoms with Crippen LogP contribution in [0.5, 0.6) is 5.75 Å². The Labute approximate surface area is 169 Å². The van der Waals surface area contributed by atoms with E-state index in [0.717, 1.165) is 17.7 Å². The van der Waals surface area contributed by atoms with Crippen molar-refractivity contribution >= 4 is 29.1 Å². The highest BCUT2D eigenvalue weighted by Crippen LogP contribution is 2.32. The monoisotopic (exact) mass is 393 g/mol. The third-order valence-electron chi connectivity index (χ3n) is 4.87. The zero-order valence-electron chi connectivity index (χ0n) is 16.5. The Hall–Kier alpha value is -3.61. The van der Waals surface area contributed by atoms with Crippen LogP contribution < -0.4 is 20.3 Å². The van der Waals surface area contributed by atoms with Crippen LogP contribution in [0, 0.1) is 0 Å². The Morgan fingerprint density at radius 3 is 2.66 bits per heavy atom. The largest absolute Gasteiger partial charge is 0.495 e. The third kappa shape index (κ3) is 3.99. The average molecular weight is 393 g/mol. The molecular formula is C22H23N3O4. The molecule has 0 atom stereocenters. The van der Waals surface area contributed by atoms with Gasteiger partial charge in [-0.15, -0.1) is 0 Å². The van der Waals surface area contributed by atoms with Crippen molar-refractivity contribution in [2.75, 3.05) is 30.9 Å². The summed E-state index contributed by atoms with van der Waals surface area (Å²) in [5.41, 5.74) is 2.94. The van der Waals surface area contributed by atoms with Crippen molar-refractivity contribution in [3.63, 3.8) is 0 Å². The summed E-state index contributed by atoms with van der Waals surface area (Å²) in [5, 5.41) is 5.40. The Morgan fingerprint density at radius 1 is 1.17 bits per heavy atom. The molecule has 0 unspecified atom stereocenters. The number of carbonyl (C=O) groups is 3. The number of methoxy groups -OCH3 is 1. The topological polar surface area (TPSA) is 87.7 Å². The van der Waals surface area contributed by atoms with E-state index in [1.165, 1.54) is 13.2 Å².